The Bertz CT molecular complexity index is 1080. The lowest BCUT2D eigenvalue weighted by Crippen LogP contribution is -2.71. The van der Waals surface area contributed by atoms with E-state index in [0.717, 1.165) is 29.9 Å². The van der Waals surface area contributed by atoms with Crippen LogP contribution in [0, 0.1) is 11.8 Å². The first-order valence-electron chi connectivity index (χ1n) is 12.0. The maximum Gasteiger partial charge on any atom is 0.325 e. The number of β-lactam (4-membered cyclic amide) rings is 1. The van der Waals surface area contributed by atoms with Gasteiger partial charge in [-0.05, 0) is 43.4 Å². The summed E-state index contributed by atoms with van der Waals surface area (Å²) in [6, 6.07) is 1.78. The van der Waals surface area contributed by atoms with Gasteiger partial charge in [0.2, 0.25) is 11.9 Å². The topological polar surface area (TPSA) is 136 Å². The third-order valence-corrected chi connectivity index (χ3v) is 6.93. The molecule has 4 atom stereocenters. The summed E-state index contributed by atoms with van der Waals surface area (Å²) in [6.45, 7) is 3.29. The number of imide groups is 1. The molecule has 2 aliphatic heterocycles. The van der Waals surface area contributed by atoms with Gasteiger partial charge in [0.25, 0.3) is 5.91 Å². The van der Waals surface area contributed by atoms with Crippen LogP contribution in [0.25, 0.3) is 0 Å². The summed E-state index contributed by atoms with van der Waals surface area (Å²) in [4.78, 5) is 50.8. The van der Waals surface area contributed by atoms with E-state index >= 15 is 0 Å². The fraction of sp³-hybridized carbons (Fsp3) is 0.542. The van der Waals surface area contributed by atoms with Gasteiger partial charge in [0.15, 0.2) is 0 Å². The van der Waals surface area contributed by atoms with Gasteiger partial charge in [-0.2, -0.15) is 0 Å². The highest BCUT2D eigenvalue weighted by molar-refractivity contribution is 6.12. The molecule has 2 saturated heterocycles. The average molecular weight is 484 g/mol. The zero-order valence-corrected chi connectivity index (χ0v) is 20.4. The van der Waals surface area contributed by atoms with E-state index in [1.165, 1.54) is 4.90 Å². The number of rotatable bonds is 7. The van der Waals surface area contributed by atoms with Crippen molar-refractivity contribution in [3.63, 3.8) is 0 Å². The number of likely N-dealkylation sites (tertiary alicyclic amines) is 1. The van der Waals surface area contributed by atoms with Crippen molar-refractivity contribution in [1.82, 2.24) is 24.8 Å². The highest BCUT2D eigenvalue weighted by Crippen LogP contribution is 2.33. The number of imidazole rings is 1. The maximum atomic E-state index is 13.6. The van der Waals surface area contributed by atoms with Crippen molar-refractivity contribution in [3.05, 3.63) is 36.3 Å². The molecule has 11 nitrogen and oxygen atoms in total. The van der Waals surface area contributed by atoms with E-state index in [1.54, 1.807) is 49.4 Å². The molecular formula is C24H33N7O4. The van der Waals surface area contributed by atoms with Gasteiger partial charge in [0.1, 0.15) is 11.9 Å². The standard InChI is InChI=1S/C24H33N7O4/c1-4-18(16-6-5-11-35-14-16)28-24(34)31-20(22(33)30(3)23-27-9-10-29(23)2)17(21(31)32)12-15-7-8-26-19(25)13-15/h7-10,13,16-18,20H,4-6,11-12,14H2,1-3H3,(H2,25,26)(H,28,34)/t16?,17-,18?,20+/m1/s1. The number of nitrogens with two attached hydrogens (primary N) is 1. The molecule has 188 valence electrons. The molecule has 0 spiro atoms. The van der Waals surface area contributed by atoms with Crippen LogP contribution < -0.4 is 16.0 Å². The van der Waals surface area contributed by atoms with Crippen molar-refractivity contribution in [3.8, 4) is 0 Å². The molecule has 0 radical (unpaired) electrons. The second kappa shape index (κ2) is 10.4. The van der Waals surface area contributed by atoms with Crippen molar-refractivity contribution >= 4 is 29.6 Å². The van der Waals surface area contributed by atoms with E-state index in [0.29, 0.717) is 24.8 Å². The molecule has 4 rings (SSSR count). The van der Waals surface area contributed by atoms with Crippen LogP contribution >= 0.6 is 0 Å². The number of likely N-dealkylation sites (N-methyl/N-ethyl adjacent to an activating group) is 1. The maximum absolute atomic E-state index is 13.6. The van der Waals surface area contributed by atoms with Gasteiger partial charge in [-0.3, -0.25) is 19.4 Å². The van der Waals surface area contributed by atoms with Gasteiger partial charge < -0.3 is 20.4 Å². The smallest absolute Gasteiger partial charge is 0.325 e. The van der Waals surface area contributed by atoms with Gasteiger partial charge in [-0.25, -0.2) is 14.8 Å². The summed E-state index contributed by atoms with van der Waals surface area (Å²) in [7, 11) is 3.37. The fourth-order valence-electron chi connectivity index (χ4n) is 4.97. The van der Waals surface area contributed by atoms with Crippen LogP contribution in [0.5, 0.6) is 0 Å². The number of aryl methyl sites for hydroxylation is 1. The minimum Gasteiger partial charge on any atom is -0.384 e. The number of urea groups is 1. The Kier molecular flexibility index (Phi) is 7.34. The zero-order chi connectivity index (χ0) is 25.1. The van der Waals surface area contributed by atoms with Crippen LogP contribution in [0.1, 0.15) is 31.7 Å². The van der Waals surface area contributed by atoms with Gasteiger partial charge in [0, 0.05) is 51.3 Å². The quantitative estimate of drug-likeness (QED) is 0.567. The van der Waals surface area contributed by atoms with E-state index in [1.807, 2.05) is 6.92 Å². The molecule has 3 N–H and O–H groups in total. The van der Waals surface area contributed by atoms with Crippen LogP contribution in [0.15, 0.2) is 30.7 Å². The molecule has 0 aromatic carbocycles. The number of hydrogen-bond donors (Lipinski definition) is 2. The van der Waals surface area contributed by atoms with Crippen molar-refractivity contribution < 1.29 is 19.1 Å². The second-order valence-electron chi connectivity index (χ2n) is 9.23. The highest BCUT2D eigenvalue weighted by atomic mass is 16.5. The summed E-state index contributed by atoms with van der Waals surface area (Å²) >= 11 is 0. The number of nitrogens with zero attached hydrogens (tertiary/aromatic N) is 5. The number of nitrogens with one attached hydrogen (secondary N) is 1. The fourth-order valence-corrected chi connectivity index (χ4v) is 4.97. The lowest BCUT2D eigenvalue weighted by molar-refractivity contribution is -0.156. The van der Waals surface area contributed by atoms with Gasteiger partial charge in [-0.1, -0.05) is 6.92 Å². The molecule has 2 aliphatic rings. The molecule has 2 unspecified atom stereocenters. The van der Waals surface area contributed by atoms with Crippen LogP contribution in [-0.4, -0.2) is 69.6 Å². The number of nitrogen functional groups attached to an aromatic ring is 1. The molecule has 0 aliphatic carbocycles. The Labute approximate surface area is 204 Å². The molecule has 2 aromatic heterocycles. The summed E-state index contributed by atoms with van der Waals surface area (Å²) in [5, 5.41) is 3.00. The van der Waals surface area contributed by atoms with Crippen molar-refractivity contribution in [2.75, 3.05) is 30.9 Å². The predicted octanol–water partition coefficient (Wildman–Crippen LogP) is 1.34. The molecule has 4 amide bonds. The average Bonchev–Trinajstić information content (AvgIpc) is 3.29. The van der Waals surface area contributed by atoms with Crippen molar-refractivity contribution in [2.24, 2.45) is 18.9 Å². The van der Waals surface area contributed by atoms with E-state index < -0.39 is 18.0 Å². The number of carbonyl (C=O) groups is 3. The van der Waals surface area contributed by atoms with Gasteiger partial charge in [-0.15, -0.1) is 0 Å². The Morgan fingerprint density at radius 3 is 2.77 bits per heavy atom. The van der Waals surface area contributed by atoms with E-state index in [9.17, 15) is 14.4 Å². The monoisotopic (exact) mass is 483 g/mol. The Hall–Kier alpha value is -3.47. The van der Waals surface area contributed by atoms with Crippen molar-refractivity contribution in [1.29, 1.82) is 0 Å². The Morgan fingerprint density at radius 1 is 1.34 bits per heavy atom. The first-order valence-corrected chi connectivity index (χ1v) is 12.0. The SMILES string of the molecule is CCC(NC(=O)N1C(=O)[C@H](Cc2ccnc(N)c2)[C@H]1C(=O)N(C)c1nccn1C)C1CCCOC1. The number of hydrogen-bond acceptors (Lipinski definition) is 7. The number of ether oxygens (including phenoxy) is 1. The molecule has 2 fully saturated rings. The largest absolute Gasteiger partial charge is 0.384 e. The zero-order valence-electron chi connectivity index (χ0n) is 20.4. The molecule has 4 heterocycles. The first kappa shape index (κ1) is 24.6. The number of pyridine rings is 1. The van der Waals surface area contributed by atoms with E-state index in [4.69, 9.17) is 10.5 Å². The molecule has 0 saturated carbocycles. The lowest BCUT2D eigenvalue weighted by atomic mass is 9.81. The first-order chi connectivity index (χ1) is 16.8. The lowest BCUT2D eigenvalue weighted by Gasteiger charge is -2.46. The van der Waals surface area contributed by atoms with Crippen LogP contribution in [0.4, 0.5) is 16.6 Å². The van der Waals surface area contributed by atoms with Crippen LogP contribution in [0.3, 0.4) is 0 Å². The highest BCUT2D eigenvalue weighted by Gasteiger charge is 2.55. The number of anilines is 2. The number of carbonyl (C=O) groups excluding carboxylic acids is 3. The van der Waals surface area contributed by atoms with E-state index in [-0.39, 0.29) is 30.2 Å². The van der Waals surface area contributed by atoms with Gasteiger partial charge in [0.05, 0.1) is 12.5 Å². The third kappa shape index (κ3) is 5.00. The summed E-state index contributed by atoms with van der Waals surface area (Å²) in [6.07, 6.45) is 7.74. The van der Waals surface area contributed by atoms with E-state index in [2.05, 4.69) is 15.3 Å². The van der Waals surface area contributed by atoms with Crippen molar-refractivity contribution in [2.45, 2.75) is 44.7 Å². The molecule has 35 heavy (non-hydrogen) atoms. The normalized spacial score (nSPS) is 22.9. The predicted molar refractivity (Wildman–Crippen MR) is 129 cm³/mol. The molecule has 0 bridgehead atoms. The second-order valence-corrected chi connectivity index (χ2v) is 9.23. The summed E-state index contributed by atoms with van der Waals surface area (Å²) in [5.74, 6) is -0.538. The van der Waals surface area contributed by atoms with Crippen LogP contribution in [0.2, 0.25) is 0 Å². The summed E-state index contributed by atoms with van der Waals surface area (Å²) < 4.78 is 7.29. The Balaban J connectivity index is 1.56. The molecule has 11 heteroatoms. The van der Waals surface area contributed by atoms with Gasteiger partial charge >= 0.3 is 6.03 Å². The minimum absolute atomic E-state index is 0.141. The van der Waals surface area contributed by atoms with Crippen LogP contribution in [-0.2, 0) is 27.8 Å². The number of amides is 4. The Morgan fingerprint density at radius 2 is 2.14 bits per heavy atom. The minimum atomic E-state index is -0.960. The molecular weight excluding hydrogens is 450 g/mol. The summed E-state index contributed by atoms with van der Waals surface area (Å²) in [5.41, 5.74) is 6.58. The molecule has 2 aromatic rings. The number of aromatic nitrogens is 3. The third-order valence-electron chi connectivity index (χ3n) is 6.93.